The number of rotatable bonds is 0. The summed E-state index contributed by atoms with van der Waals surface area (Å²) in [6.07, 6.45) is 10.5. The van der Waals surface area contributed by atoms with Crippen LogP contribution in [0.1, 0.15) is 71.6 Å². The first kappa shape index (κ1) is 15.0. The van der Waals surface area contributed by atoms with Gasteiger partial charge < -0.3 is 10.3 Å². The zero-order valence-corrected chi connectivity index (χ0v) is 14.1. The molecule has 0 bridgehead atoms. The molecule has 4 aliphatic carbocycles. The number of fused-ring (bicyclic) bond motifs is 5. The van der Waals surface area contributed by atoms with Gasteiger partial charge in [-0.25, -0.2) is 0 Å². The zero-order valence-electron chi connectivity index (χ0n) is 14.1. The van der Waals surface area contributed by atoms with Crippen LogP contribution in [0.5, 0.6) is 0 Å². The molecule has 0 radical (unpaired) electrons. The van der Waals surface area contributed by atoms with E-state index in [1.807, 2.05) is 0 Å². The molecule has 4 aliphatic rings. The lowest BCUT2D eigenvalue weighted by Gasteiger charge is -2.60. The van der Waals surface area contributed by atoms with E-state index in [4.69, 9.17) is 0 Å². The highest BCUT2D eigenvalue weighted by Gasteiger charge is 2.59. The number of hydrogen-bond acceptors (Lipinski definition) is 3. The van der Waals surface area contributed by atoms with Crippen molar-refractivity contribution >= 4 is 5.71 Å². The van der Waals surface area contributed by atoms with Crippen LogP contribution in [-0.4, -0.2) is 22.1 Å². The van der Waals surface area contributed by atoms with Crippen LogP contribution in [-0.2, 0) is 0 Å². The van der Waals surface area contributed by atoms with Crippen molar-refractivity contribution in [1.82, 2.24) is 0 Å². The number of aliphatic hydroxyl groups is 1. The molecule has 22 heavy (non-hydrogen) atoms. The van der Waals surface area contributed by atoms with Crippen molar-refractivity contribution in [2.45, 2.75) is 77.7 Å². The quantitative estimate of drug-likeness (QED) is 0.520. The Morgan fingerprint density at radius 1 is 1.00 bits per heavy atom. The van der Waals surface area contributed by atoms with Gasteiger partial charge in [-0.1, -0.05) is 19.0 Å². The van der Waals surface area contributed by atoms with Gasteiger partial charge in [0.25, 0.3) is 0 Å². The average Bonchev–Trinajstić information content (AvgIpc) is 2.84. The second-order valence-corrected chi connectivity index (χ2v) is 9.13. The lowest BCUT2D eigenvalue weighted by Crippen LogP contribution is -2.54. The Kier molecular flexibility index (Phi) is 3.38. The summed E-state index contributed by atoms with van der Waals surface area (Å²) < 4.78 is 0. The summed E-state index contributed by atoms with van der Waals surface area (Å²) >= 11 is 0. The SMILES string of the molecule is C[C@]12CC[C@@H](O)C[C@@H]1CC[C@H]1[C@H]2CC[C@]2(C)/C(=N/O)CC[C@H]12. The maximum absolute atomic E-state index is 10.1. The highest BCUT2D eigenvalue weighted by molar-refractivity contribution is 5.91. The van der Waals surface area contributed by atoms with Crippen LogP contribution in [0.4, 0.5) is 0 Å². The van der Waals surface area contributed by atoms with E-state index < -0.39 is 0 Å². The van der Waals surface area contributed by atoms with E-state index in [1.54, 1.807) is 0 Å². The van der Waals surface area contributed by atoms with Crippen LogP contribution in [0, 0.1) is 34.5 Å². The molecular formula is C19H31NO2. The van der Waals surface area contributed by atoms with E-state index in [2.05, 4.69) is 19.0 Å². The van der Waals surface area contributed by atoms with Crippen LogP contribution in [0.25, 0.3) is 0 Å². The molecule has 0 saturated heterocycles. The van der Waals surface area contributed by atoms with Crippen LogP contribution in [0.2, 0.25) is 0 Å². The molecule has 0 aromatic heterocycles. The van der Waals surface area contributed by atoms with E-state index in [0.717, 1.165) is 48.6 Å². The lowest BCUT2D eigenvalue weighted by molar-refractivity contribution is -0.114. The summed E-state index contributed by atoms with van der Waals surface area (Å²) in [5.74, 6) is 3.10. The smallest absolute Gasteiger partial charge is 0.0632 e. The molecule has 4 rings (SSSR count). The number of nitrogens with zero attached hydrogens (tertiary/aromatic N) is 1. The van der Waals surface area contributed by atoms with Gasteiger partial charge in [0.1, 0.15) is 0 Å². The molecule has 0 aromatic carbocycles. The van der Waals surface area contributed by atoms with Gasteiger partial charge in [-0.05, 0) is 86.9 Å². The third kappa shape index (κ3) is 1.87. The zero-order chi connectivity index (χ0) is 15.5. The van der Waals surface area contributed by atoms with Crippen molar-refractivity contribution in [1.29, 1.82) is 0 Å². The Morgan fingerprint density at radius 2 is 1.82 bits per heavy atom. The molecule has 0 amide bonds. The van der Waals surface area contributed by atoms with Gasteiger partial charge in [-0.15, -0.1) is 0 Å². The first-order valence-electron chi connectivity index (χ1n) is 9.38. The van der Waals surface area contributed by atoms with Crippen LogP contribution >= 0.6 is 0 Å². The molecule has 0 aliphatic heterocycles. The maximum Gasteiger partial charge on any atom is 0.0632 e. The Hall–Kier alpha value is -0.570. The molecule has 0 unspecified atom stereocenters. The van der Waals surface area contributed by atoms with Gasteiger partial charge in [0.2, 0.25) is 0 Å². The van der Waals surface area contributed by atoms with Crippen LogP contribution in [0.3, 0.4) is 0 Å². The fourth-order valence-electron chi connectivity index (χ4n) is 7.19. The minimum absolute atomic E-state index is 0.0527. The van der Waals surface area contributed by atoms with Crippen molar-refractivity contribution in [2.75, 3.05) is 0 Å². The Labute approximate surface area is 134 Å². The summed E-state index contributed by atoms with van der Waals surface area (Å²) in [6.45, 7) is 4.88. The lowest BCUT2D eigenvalue weighted by atomic mass is 9.45. The van der Waals surface area contributed by atoms with Crippen LogP contribution in [0.15, 0.2) is 5.16 Å². The molecule has 0 spiro atoms. The Bertz CT molecular complexity index is 490. The molecule has 7 atom stereocenters. The van der Waals surface area contributed by atoms with Crippen molar-refractivity contribution < 1.29 is 10.3 Å². The van der Waals surface area contributed by atoms with Gasteiger partial charge in [-0.3, -0.25) is 0 Å². The minimum atomic E-state index is -0.0527. The summed E-state index contributed by atoms with van der Waals surface area (Å²) in [4.78, 5) is 0. The summed E-state index contributed by atoms with van der Waals surface area (Å²) in [6, 6.07) is 0. The number of aliphatic hydroxyl groups excluding tert-OH is 1. The van der Waals surface area contributed by atoms with E-state index in [0.29, 0.717) is 5.41 Å². The second kappa shape index (κ2) is 4.96. The van der Waals surface area contributed by atoms with Crippen LogP contribution < -0.4 is 0 Å². The highest BCUT2D eigenvalue weighted by Crippen LogP contribution is 2.65. The van der Waals surface area contributed by atoms with Gasteiger partial charge in [0.15, 0.2) is 0 Å². The second-order valence-electron chi connectivity index (χ2n) is 9.13. The van der Waals surface area contributed by atoms with E-state index in [-0.39, 0.29) is 11.5 Å². The summed E-state index contributed by atoms with van der Waals surface area (Å²) in [7, 11) is 0. The third-order valence-corrected chi connectivity index (χ3v) is 8.50. The molecule has 3 nitrogen and oxygen atoms in total. The topological polar surface area (TPSA) is 52.8 Å². The Balaban J connectivity index is 1.63. The first-order valence-corrected chi connectivity index (χ1v) is 9.38. The van der Waals surface area contributed by atoms with Crippen molar-refractivity contribution in [3.05, 3.63) is 0 Å². The van der Waals surface area contributed by atoms with E-state index >= 15 is 0 Å². The number of oxime groups is 1. The summed E-state index contributed by atoms with van der Waals surface area (Å²) in [5.41, 5.74) is 1.68. The molecule has 2 N–H and O–H groups in total. The molecule has 3 heteroatoms. The molecule has 0 aromatic rings. The van der Waals surface area contributed by atoms with Crippen molar-refractivity contribution in [2.24, 2.45) is 39.7 Å². The van der Waals surface area contributed by atoms with Gasteiger partial charge in [0.05, 0.1) is 11.8 Å². The normalized spacial score (nSPS) is 56.3. The largest absolute Gasteiger partial charge is 0.411 e. The van der Waals surface area contributed by atoms with E-state index in [1.165, 1.54) is 38.5 Å². The minimum Gasteiger partial charge on any atom is -0.411 e. The first-order chi connectivity index (χ1) is 10.5. The maximum atomic E-state index is 10.1. The molecule has 4 saturated carbocycles. The monoisotopic (exact) mass is 305 g/mol. The average molecular weight is 305 g/mol. The molecular weight excluding hydrogens is 274 g/mol. The predicted octanol–water partition coefficient (Wildman–Crippen LogP) is 4.22. The van der Waals surface area contributed by atoms with Gasteiger partial charge in [-0.2, -0.15) is 0 Å². The predicted molar refractivity (Wildman–Crippen MR) is 87.0 cm³/mol. The van der Waals surface area contributed by atoms with Gasteiger partial charge in [0, 0.05) is 5.41 Å². The van der Waals surface area contributed by atoms with Crippen molar-refractivity contribution in [3.63, 3.8) is 0 Å². The molecule has 4 fully saturated rings. The molecule has 124 valence electrons. The standard InChI is InChI=1S/C19H31NO2/c1-18-9-7-13(21)11-12(18)3-4-14-15-5-6-17(20-22)19(15,2)10-8-16(14)18/h12-16,21-22H,3-11H2,1-2H3/b20-17+/t12-,13+,14+,15+,16+,18-,19-/m0/s1. The fraction of sp³-hybridized carbons (Fsp3) is 0.947. The van der Waals surface area contributed by atoms with E-state index in [9.17, 15) is 10.3 Å². The fourth-order valence-corrected chi connectivity index (χ4v) is 7.19. The summed E-state index contributed by atoms with van der Waals surface area (Å²) in [5, 5.41) is 23.1. The Morgan fingerprint density at radius 3 is 2.59 bits per heavy atom. The van der Waals surface area contributed by atoms with Gasteiger partial charge >= 0.3 is 0 Å². The number of hydrogen-bond donors (Lipinski definition) is 2. The third-order valence-electron chi connectivity index (χ3n) is 8.50. The highest BCUT2D eigenvalue weighted by atomic mass is 16.4. The molecule has 0 heterocycles. The van der Waals surface area contributed by atoms with Crippen molar-refractivity contribution in [3.8, 4) is 0 Å².